The molecule has 3 atom stereocenters. The van der Waals surface area contributed by atoms with Gasteiger partial charge in [-0.25, -0.2) is 0 Å². The summed E-state index contributed by atoms with van der Waals surface area (Å²) >= 11 is 0. The summed E-state index contributed by atoms with van der Waals surface area (Å²) in [7, 11) is 0. The zero-order valence-electron chi connectivity index (χ0n) is 7.09. The topological polar surface area (TPSA) is 0 Å². The predicted octanol–water partition coefficient (Wildman–Crippen LogP) is 2.85. The monoisotopic (exact) mass is 136 g/mol. The Morgan fingerprint density at radius 1 is 1.30 bits per heavy atom. The van der Waals surface area contributed by atoms with Crippen LogP contribution in [0.4, 0.5) is 0 Å². The Morgan fingerprint density at radius 3 is 2.50 bits per heavy atom. The minimum Gasteiger partial charge on any atom is -0.0854 e. The quantitative estimate of drug-likeness (QED) is 0.449. The molecule has 2 aliphatic carbocycles. The lowest BCUT2D eigenvalue weighted by molar-refractivity contribution is 0.487. The van der Waals surface area contributed by atoms with Crippen molar-refractivity contribution in [2.45, 2.75) is 27.2 Å². The molecule has 2 aliphatic rings. The van der Waals surface area contributed by atoms with E-state index in [0.29, 0.717) is 5.41 Å². The van der Waals surface area contributed by atoms with Crippen molar-refractivity contribution >= 4 is 0 Å². The van der Waals surface area contributed by atoms with E-state index in [4.69, 9.17) is 0 Å². The van der Waals surface area contributed by atoms with Gasteiger partial charge in [0, 0.05) is 0 Å². The Hall–Kier alpha value is -0.260. The van der Waals surface area contributed by atoms with Gasteiger partial charge in [0.2, 0.25) is 0 Å². The third-order valence-electron chi connectivity index (χ3n) is 3.41. The average molecular weight is 136 g/mol. The summed E-state index contributed by atoms with van der Waals surface area (Å²) in [6.45, 7) is 7.11. The zero-order chi connectivity index (χ0) is 7.35. The lowest BCUT2D eigenvalue weighted by Gasteiger charge is -2.08. The SMILES string of the molecule is CC1C=C[C@H]2[C@H](C1)C2(C)C. The highest BCUT2D eigenvalue weighted by atomic mass is 14.6. The van der Waals surface area contributed by atoms with E-state index in [1.807, 2.05) is 0 Å². The number of hydrogen-bond acceptors (Lipinski definition) is 0. The van der Waals surface area contributed by atoms with E-state index in [1.54, 1.807) is 0 Å². The van der Waals surface area contributed by atoms with E-state index in [-0.39, 0.29) is 0 Å². The summed E-state index contributed by atoms with van der Waals surface area (Å²) in [5.74, 6) is 2.76. The lowest BCUT2D eigenvalue weighted by atomic mass is 9.97. The zero-order valence-corrected chi connectivity index (χ0v) is 7.09. The fourth-order valence-corrected chi connectivity index (χ4v) is 2.41. The molecule has 0 aromatic heterocycles. The predicted molar refractivity (Wildman–Crippen MR) is 43.7 cm³/mol. The minimum absolute atomic E-state index is 0.640. The summed E-state index contributed by atoms with van der Waals surface area (Å²) in [6.07, 6.45) is 6.24. The fourth-order valence-electron chi connectivity index (χ4n) is 2.41. The molecular weight excluding hydrogens is 120 g/mol. The van der Waals surface area contributed by atoms with Crippen LogP contribution >= 0.6 is 0 Å². The van der Waals surface area contributed by atoms with Crippen molar-refractivity contribution in [2.24, 2.45) is 23.2 Å². The maximum Gasteiger partial charge on any atom is -0.0145 e. The van der Waals surface area contributed by atoms with Gasteiger partial charge in [0.05, 0.1) is 0 Å². The van der Waals surface area contributed by atoms with Gasteiger partial charge in [0.25, 0.3) is 0 Å². The molecule has 0 bridgehead atoms. The van der Waals surface area contributed by atoms with Gasteiger partial charge in [0.15, 0.2) is 0 Å². The van der Waals surface area contributed by atoms with Crippen LogP contribution in [-0.4, -0.2) is 0 Å². The third-order valence-corrected chi connectivity index (χ3v) is 3.41. The molecular formula is C10H16. The van der Waals surface area contributed by atoms with E-state index in [0.717, 1.165) is 17.8 Å². The first-order valence-electron chi connectivity index (χ1n) is 4.30. The van der Waals surface area contributed by atoms with Gasteiger partial charge in [-0.1, -0.05) is 32.9 Å². The average Bonchev–Trinajstić information content (AvgIpc) is 2.36. The van der Waals surface area contributed by atoms with Crippen LogP contribution in [0.1, 0.15) is 27.2 Å². The molecule has 0 spiro atoms. The maximum atomic E-state index is 2.43. The van der Waals surface area contributed by atoms with Gasteiger partial charge in [-0.3, -0.25) is 0 Å². The van der Waals surface area contributed by atoms with Gasteiger partial charge >= 0.3 is 0 Å². The molecule has 0 heteroatoms. The molecule has 0 N–H and O–H groups in total. The smallest absolute Gasteiger partial charge is 0.0145 e. The second kappa shape index (κ2) is 1.66. The first-order chi connectivity index (χ1) is 4.62. The van der Waals surface area contributed by atoms with Crippen LogP contribution in [0.25, 0.3) is 0 Å². The molecule has 0 radical (unpaired) electrons. The van der Waals surface area contributed by atoms with Gasteiger partial charge in [0.1, 0.15) is 0 Å². The molecule has 0 amide bonds. The Labute approximate surface area is 63.3 Å². The Morgan fingerprint density at radius 2 is 2.00 bits per heavy atom. The summed E-state index contributed by atoms with van der Waals surface area (Å²) in [4.78, 5) is 0. The maximum absolute atomic E-state index is 2.43. The summed E-state index contributed by atoms with van der Waals surface area (Å²) in [6, 6.07) is 0. The van der Waals surface area contributed by atoms with Crippen LogP contribution in [0.3, 0.4) is 0 Å². The Balaban J connectivity index is 2.16. The molecule has 10 heavy (non-hydrogen) atoms. The van der Waals surface area contributed by atoms with Crippen molar-refractivity contribution < 1.29 is 0 Å². The van der Waals surface area contributed by atoms with Crippen molar-refractivity contribution in [3.8, 4) is 0 Å². The van der Waals surface area contributed by atoms with Gasteiger partial charge in [-0.15, -0.1) is 0 Å². The molecule has 1 saturated carbocycles. The molecule has 1 unspecified atom stereocenters. The standard InChI is InChI=1S/C10H16/c1-7-4-5-8-9(6-7)10(8,2)3/h4-5,7-9H,6H2,1-3H3/t7?,8-,9-/m0/s1. The summed E-state index contributed by atoms with van der Waals surface area (Å²) < 4.78 is 0. The van der Waals surface area contributed by atoms with Crippen LogP contribution < -0.4 is 0 Å². The second-order valence-electron chi connectivity index (χ2n) is 4.55. The highest BCUT2D eigenvalue weighted by Crippen LogP contribution is 2.63. The number of allylic oxidation sites excluding steroid dienone is 2. The Bertz CT molecular complexity index is 176. The lowest BCUT2D eigenvalue weighted by Crippen LogP contribution is -1.97. The normalized spacial score (nSPS) is 48.5. The highest BCUT2D eigenvalue weighted by molar-refractivity contribution is 5.18. The van der Waals surface area contributed by atoms with Crippen LogP contribution in [0, 0.1) is 23.2 Å². The minimum atomic E-state index is 0.640. The van der Waals surface area contributed by atoms with Crippen LogP contribution in [-0.2, 0) is 0 Å². The van der Waals surface area contributed by atoms with Crippen LogP contribution in [0.5, 0.6) is 0 Å². The van der Waals surface area contributed by atoms with E-state index in [1.165, 1.54) is 6.42 Å². The summed E-state index contributed by atoms with van der Waals surface area (Å²) in [5.41, 5.74) is 0.640. The molecule has 2 rings (SSSR count). The number of rotatable bonds is 0. The van der Waals surface area contributed by atoms with E-state index < -0.39 is 0 Å². The van der Waals surface area contributed by atoms with Crippen molar-refractivity contribution in [2.75, 3.05) is 0 Å². The van der Waals surface area contributed by atoms with E-state index >= 15 is 0 Å². The van der Waals surface area contributed by atoms with Crippen molar-refractivity contribution in [1.29, 1.82) is 0 Å². The molecule has 0 aromatic rings. The fraction of sp³-hybridized carbons (Fsp3) is 0.800. The number of hydrogen-bond donors (Lipinski definition) is 0. The Kier molecular flexibility index (Phi) is 1.07. The van der Waals surface area contributed by atoms with Crippen LogP contribution in [0.15, 0.2) is 12.2 Å². The van der Waals surface area contributed by atoms with E-state index in [9.17, 15) is 0 Å². The molecule has 0 aliphatic heterocycles. The molecule has 0 nitrogen and oxygen atoms in total. The first kappa shape index (κ1) is 6.45. The molecule has 0 saturated heterocycles. The first-order valence-corrected chi connectivity index (χ1v) is 4.30. The largest absolute Gasteiger partial charge is 0.0854 e. The van der Waals surface area contributed by atoms with Crippen LogP contribution in [0.2, 0.25) is 0 Å². The van der Waals surface area contributed by atoms with Gasteiger partial charge in [-0.05, 0) is 29.6 Å². The molecule has 1 fully saturated rings. The van der Waals surface area contributed by atoms with Crippen molar-refractivity contribution in [3.63, 3.8) is 0 Å². The number of fused-ring (bicyclic) bond motifs is 1. The highest BCUT2D eigenvalue weighted by Gasteiger charge is 2.56. The van der Waals surface area contributed by atoms with Crippen molar-refractivity contribution in [3.05, 3.63) is 12.2 Å². The third kappa shape index (κ3) is 0.680. The summed E-state index contributed by atoms with van der Waals surface area (Å²) in [5, 5.41) is 0. The van der Waals surface area contributed by atoms with Gasteiger partial charge < -0.3 is 0 Å². The molecule has 0 heterocycles. The van der Waals surface area contributed by atoms with E-state index in [2.05, 4.69) is 32.9 Å². The van der Waals surface area contributed by atoms with Gasteiger partial charge in [-0.2, -0.15) is 0 Å². The second-order valence-corrected chi connectivity index (χ2v) is 4.55. The van der Waals surface area contributed by atoms with Crippen molar-refractivity contribution in [1.82, 2.24) is 0 Å². The molecule has 56 valence electrons. The molecule has 0 aromatic carbocycles.